The van der Waals surface area contributed by atoms with Crippen LogP contribution in [0.25, 0.3) is 10.9 Å². The van der Waals surface area contributed by atoms with Crippen molar-refractivity contribution in [2.24, 2.45) is 0 Å². The van der Waals surface area contributed by atoms with Crippen LogP contribution in [-0.2, 0) is 11.3 Å². The summed E-state index contributed by atoms with van der Waals surface area (Å²) in [5.74, 6) is 0.522. The van der Waals surface area contributed by atoms with Gasteiger partial charge in [0.1, 0.15) is 12.3 Å². The van der Waals surface area contributed by atoms with Crippen LogP contribution in [0.15, 0.2) is 53.6 Å². The highest BCUT2D eigenvalue weighted by Crippen LogP contribution is 2.27. The number of nitrogens with zero attached hydrogens (tertiary/aromatic N) is 3. The summed E-state index contributed by atoms with van der Waals surface area (Å²) in [4.78, 5) is 31.6. The summed E-state index contributed by atoms with van der Waals surface area (Å²) < 4.78 is 6.79. The molecule has 0 radical (unpaired) electrons. The maximum absolute atomic E-state index is 12.7. The molecule has 0 aliphatic rings. The van der Waals surface area contributed by atoms with Crippen LogP contribution >= 0.6 is 0 Å². The third-order valence-corrected chi connectivity index (χ3v) is 4.98. The molecule has 0 bridgehead atoms. The Balaban J connectivity index is 1.74. The summed E-state index contributed by atoms with van der Waals surface area (Å²) >= 11 is 0. The average molecular weight is 394 g/mol. The van der Waals surface area contributed by atoms with Crippen molar-refractivity contribution in [3.63, 3.8) is 0 Å². The third-order valence-electron chi connectivity index (χ3n) is 4.98. The number of nitrogens with one attached hydrogen (secondary N) is 1. The lowest BCUT2D eigenvalue weighted by molar-refractivity contribution is -0.121. The van der Waals surface area contributed by atoms with E-state index in [4.69, 9.17) is 4.74 Å². The van der Waals surface area contributed by atoms with Gasteiger partial charge in [0.2, 0.25) is 5.91 Å². The Hall–Kier alpha value is -3.19. The van der Waals surface area contributed by atoms with Crippen molar-refractivity contribution in [3.05, 3.63) is 70.3 Å². The Morgan fingerprint density at radius 2 is 1.97 bits per heavy atom. The summed E-state index contributed by atoms with van der Waals surface area (Å²) in [6.07, 6.45) is 1.43. The summed E-state index contributed by atoms with van der Waals surface area (Å²) in [5.41, 5.74) is 2.36. The number of ether oxygens (including phenoxy) is 1. The Kier molecular flexibility index (Phi) is 6.29. The topological polar surface area (TPSA) is 76.5 Å². The first-order chi connectivity index (χ1) is 13.9. The van der Waals surface area contributed by atoms with E-state index in [1.165, 1.54) is 10.9 Å². The van der Waals surface area contributed by atoms with E-state index in [-0.39, 0.29) is 24.1 Å². The molecule has 0 aliphatic carbocycles. The second-order valence-corrected chi connectivity index (χ2v) is 7.17. The lowest BCUT2D eigenvalue weighted by atomic mass is 10.0. The predicted molar refractivity (Wildman–Crippen MR) is 113 cm³/mol. The molecule has 1 aromatic heterocycles. The van der Waals surface area contributed by atoms with E-state index >= 15 is 0 Å². The van der Waals surface area contributed by atoms with Crippen LogP contribution in [0.4, 0.5) is 0 Å². The number of carbonyl (C=O) groups excluding carboxylic acids is 1. The zero-order valence-corrected chi connectivity index (χ0v) is 17.2. The average Bonchev–Trinajstić information content (AvgIpc) is 2.71. The molecule has 0 aliphatic heterocycles. The molecule has 1 heterocycles. The quantitative estimate of drug-likeness (QED) is 0.664. The molecule has 7 heteroatoms. The van der Waals surface area contributed by atoms with Crippen molar-refractivity contribution in [2.45, 2.75) is 19.5 Å². The van der Waals surface area contributed by atoms with Crippen LogP contribution in [0, 0.1) is 6.92 Å². The van der Waals surface area contributed by atoms with E-state index in [9.17, 15) is 9.59 Å². The summed E-state index contributed by atoms with van der Waals surface area (Å²) in [7, 11) is 5.53. The van der Waals surface area contributed by atoms with Gasteiger partial charge in [-0.2, -0.15) is 0 Å². The number of hydrogen-bond acceptors (Lipinski definition) is 5. The molecule has 1 unspecified atom stereocenters. The Labute approximate surface area is 169 Å². The molecule has 29 heavy (non-hydrogen) atoms. The fourth-order valence-corrected chi connectivity index (χ4v) is 3.38. The first-order valence-electron chi connectivity index (χ1n) is 9.43. The van der Waals surface area contributed by atoms with Gasteiger partial charge in [-0.25, -0.2) is 4.98 Å². The minimum absolute atomic E-state index is 0.0656. The number of methoxy groups -OCH3 is 1. The van der Waals surface area contributed by atoms with Gasteiger partial charge < -0.3 is 15.0 Å². The van der Waals surface area contributed by atoms with Gasteiger partial charge in [0.25, 0.3) is 5.56 Å². The molecule has 1 N–H and O–H groups in total. The zero-order chi connectivity index (χ0) is 21.0. The van der Waals surface area contributed by atoms with E-state index in [0.29, 0.717) is 17.4 Å². The number of para-hydroxylation sites is 2. The third kappa shape index (κ3) is 4.46. The van der Waals surface area contributed by atoms with Gasteiger partial charge in [0.05, 0.1) is 30.4 Å². The highest BCUT2D eigenvalue weighted by Gasteiger charge is 2.19. The van der Waals surface area contributed by atoms with Crippen molar-refractivity contribution in [3.8, 4) is 5.75 Å². The monoisotopic (exact) mass is 394 g/mol. The number of aryl methyl sites for hydroxylation is 1. The number of fused-ring (bicyclic) bond motifs is 1. The lowest BCUT2D eigenvalue weighted by Gasteiger charge is -2.26. The summed E-state index contributed by atoms with van der Waals surface area (Å²) in [6, 6.07) is 13.1. The van der Waals surface area contributed by atoms with Gasteiger partial charge in [-0.05, 0) is 38.7 Å². The molecule has 0 fully saturated rings. The number of rotatable bonds is 7. The molecular formula is C22H26N4O3. The molecular weight excluding hydrogens is 368 g/mol. The minimum atomic E-state index is -0.248. The van der Waals surface area contributed by atoms with Gasteiger partial charge in [0.15, 0.2) is 0 Å². The van der Waals surface area contributed by atoms with E-state index in [0.717, 1.165) is 16.9 Å². The van der Waals surface area contributed by atoms with Crippen LogP contribution in [-0.4, -0.2) is 48.1 Å². The van der Waals surface area contributed by atoms with E-state index < -0.39 is 0 Å². The first kappa shape index (κ1) is 20.5. The maximum Gasteiger partial charge on any atom is 0.261 e. The van der Waals surface area contributed by atoms with Gasteiger partial charge >= 0.3 is 0 Å². The number of benzene rings is 2. The molecule has 1 atom stereocenters. The standard InChI is InChI=1S/C22H26N4O3/c1-15-8-7-10-17-21(15)24-14-26(22(17)28)13-20(27)23-12-18(25(2)3)16-9-5-6-11-19(16)29-4/h5-11,14,18H,12-13H2,1-4H3,(H,23,27). The van der Waals surface area contributed by atoms with Gasteiger partial charge in [-0.1, -0.05) is 30.3 Å². The number of carbonyl (C=O) groups is 1. The van der Waals surface area contributed by atoms with E-state index in [1.54, 1.807) is 13.2 Å². The molecule has 2 aromatic carbocycles. The van der Waals surface area contributed by atoms with Crippen LogP contribution < -0.4 is 15.6 Å². The van der Waals surface area contributed by atoms with Gasteiger partial charge in [-0.3, -0.25) is 14.2 Å². The smallest absolute Gasteiger partial charge is 0.261 e. The number of hydrogen-bond donors (Lipinski definition) is 1. The Morgan fingerprint density at radius 3 is 2.69 bits per heavy atom. The molecule has 1 amide bonds. The fourth-order valence-electron chi connectivity index (χ4n) is 3.38. The molecule has 152 valence electrons. The number of aromatic nitrogens is 2. The number of likely N-dealkylation sites (N-methyl/N-ethyl adjacent to an activating group) is 1. The second-order valence-electron chi connectivity index (χ2n) is 7.17. The van der Waals surface area contributed by atoms with Crippen molar-refractivity contribution < 1.29 is 9.53 Å². The number of amides is 1. The SMILES string of the molecule is COc1ccccc1C(CNC(=O)Cn1cnc2c(C)cccc2c1=O)N(C)C. The Morgan fingerprint density at radius 1 is 1.21 bits per heavy atom. The van der Waals surface area contributed by atoms with E-state index in [1.807, 2.05) is 62.3 Å². The minimum Gasteiger partial charge on any atom is -0.496 e. The maximum atomic E-state index is 12.7. The van der Waals surface area contributed by atoms with Crippen LogP contribution in [0.3, 0.4) is 0 Å². The van der Waals surface area contributed by atoms with Crippen molar-refractivity contribution in [1.82, 2.24) is 19.8 Å². The highest BCUT2D eigenvalue weighted by atomic mass is 16.5. The second kappa shape index (κ2) is 8.87. The summed E-state index contributed by atoms with van der Waals surface area (Å²) in [6.45, 7) is 2.22. The molecule has 3 aromatic rings. The molecule has 7 nitrogen and oxygen atoms in total. The Bertz CT molecular complexity index is 1080. The molecule has 3 rings (SSSR count). The molecule has 0 saturated heterocycles. The van der Waals surface area contributed by atoms with Crippen LogP contribution in [0.1, 0.15) is 17.2 Å². The van der Waals surface area contributed by atoms with Gasteiger partial charge in [-0.15, -0.1) is 0 Å². The summed E-state index contributed by atoms with van der Waals surface area (Å²) in [5, 5.41) is 3.44. The lowest BCUT2D eigenvalue weighted by Crippen LogP contribution is -2.38. The first-order valence-corrected chi connectivity index (χ1v) is 9.43. The van der Waals surface area contributed by atoms with Crippen molar-refractivity contribution >= 4 is 16.8 Å². The van der Waals surface area contributed by atoms with Gasteiger partial charge in [0, 0.05) is 12.1 Å². The molecule has 0 spiro atoms. The fraction of sp³-hybridized carbons (Fsp3) is 0.318. The van der Waals surface area contributed by atoms with Crippen molar-refractivity contribution in [2.75, 3.05) is 27.7 Å². The largest absolute Gasteiger partial charge is 0.496 e. The van der Waals surface area contributed by atoms with Crippen LogP contribution in [0.2, 0.25) is 0 Å². The van der Waals surface area contributed by atoms with Crippen LogP contribution in [0.5, 0.6) is 5.75 Å². The highest BCUT2D eigenvalue weighted by molar-refractivity contribution is 5.81. The van der Waals surface area contributed by atoms with E-state index in [2.05, 4.69) is 10.3 Å². The normalized spacial score (nSPS) is 12.2. The predicted octanol–water partition coefficient (Wildman–Crippen LogP) is 2.13. The molecule has 0 saturated carbocycles. The van der Waals surface area contributed by atoms with Crippen molar-refractivity contribution in [1.29, 1.82) is 0 Å². The zero-order valence-electron chi connectivity index (χ0n) is 17.2.